The number of aryl methyl sites for hydroxylation is 1. The third-order valence-corrected chi connectivity index (χ3v) is 10.8. The number of ketones is 1. The Hall–Kier alpha value is -4.80. The summed E-state index contributed by atoms with van der Waals surface area (Å²) in [6, 6.07) is 5.89. The Morgan fingerprint density at radius 3 is 2.42 bits per heavy atom. The number of esters is 1. The first-order valence-corrected chi connectivity index (χ1v) is 17.6. The zero-order valence-electron chi connectivity index (χ0n) is 29.5. The van der Waals surface area contributed by atoms with Crippen molar-refractivity contribution in [3.63, 3.8) is 0 Å². The summed E-state index contributed by atoms with van der Waals surface area (Å²) in [5.74, 6) is -1.62. The number of imide groups is 1. The molecule has 50 heavy (non-hydrogen) atoms. The number of carbonyl (C=O) groups excluding carboxylic acids is 4. The molecule has 2 amide bonds. The number of aromatic nitrogens is 4. The minimum Gasteiger partial charge on any atom is -0.469 e. The number of allylic oxidation sites excluding steroid dienone is 2. The van der Waals surface area contributed by atoms with Crippen LogP contribution in [0.3, 0.4) is 0 Å². The molecule has 0 fully saturated rings. The number of rotatable bonds is 9. The third kappa shape index (κ3) is 5.90. The molecule has 4 aliphatic heterocycles. The van der Waals surface area contributed by atoms with Gasteiger partial charge in [-0.15, -0.1) is 0 Å². The second kappa shape index (κ2) is 13.8. The number of aromatic amines is 2. The van der Waals surface area contributed by atoms with E-state index in [-0.39, 0.29) is 54.3 Å². The first-order chi connectivity index (χ1) is 23.9. The number of ether oxygens (including phenoxy) is 1. The Morgan fingerprint density at radius 1 is 1.00 bits per heavy atom. The zero-order valence-corrected chi connectivity index (χ0v) is 30.3. The fraction of sp³-hybridized carbons (Fsp3) is 0.447. The lowest BCUT2D eigenvalue weighted by atomic mass is 9.84. The van der Waals surface area contributed by atoms with Crippen LogP contribution < -0.4 is 0 Å². The van der Waals surface area contributed by atoms with Crippen molar-refractivity contribution in [3.05, 3.63) is 69.1 Å². The van der Waals surface area contributed by atoms with E-state index in [1.54, 1.807) is 6.92 Å². The van der Waals surface area contributed by atoms with Gasteiger partial charge in [0.2, 0.25) is 0 Å². The van der Waals surface area contributed by atoms with E-state index in [0.717, 1.165) is 28.9 Å². The van der Waals surface area contributed by atoms with E-state index < -0.39 is 5.91 Å². The van der Waals surface area contributed by atoms with Crippen LogP contribution in [0.5, 0.6) is 0 Å². The van der Waals surface area contributed by atoms with Gasteiger partial charge in [-0.3, -0.25) is 29.1 Å². The number of hydrogen-bond acceptors (Lipinski definition) is 9. The van der Waals surface area contributed by atoms with Gasteiger partial charge in [0.15, 0.2) is 5.78 Å². The maximum Gasteiger partial charge on any atom is 0.305 e. The maximum absolute atomic E-state index is 14.6. The summed E-state index contributed by atoms with van der Waals surface area (Å²) in [7, 11) is 1.35. The molecule has 12 heteroatoms. The quantitative estimate of drug-likeness (QED) is 0.0929. The standard InChI is InChI=1S/C38H42N6O5S/c1-8-23-18(2)25-16-30-32(22(6)45)20(4)27(41-30)14-26-19(3)24(10-11-31(46)49-7)35(42-26)34-36-33(21(5)28(43-36)15-29(23)40-25)37(47)44(38(34)48)13-9-12-39-17-50/h14-16,18-19,23-24,40,43H,8-13H2,1-7H3/t18-,19+,23+,24+/m1/s1. The van der Waals surface area contributed by atoms with Gasteiger partial charge < -0.3 is 14.7 Å². The number of nitrogens with zero attached hydrogens (tertiary/aromatic N) is 4. The lowest BCUT2D eigenvalue weighted by Crippen LogP contribution is -2.41. The summed E-state index contributed by atoms with van der Waals surface area (Å²) >= 11 is 4.72. The molecule has 2 aromatic rings. The van der Waals surface area contributed by atoms with Crippen LogP contribution in [0.4, 0.5) is 0 Å². The molecule has 2 aromatic heterocycles. The molecule has 2 N–H and O–H groups in total. The number of methoxy groups -OCH3 is 1. The number of Topliss-reactive ketones (excluding diaryl/α,β-unsaturated/α-hetero) is 1. The van der Waals surface area contributed by atoms with Crippen molar-refractivity contribution >= 4 is 63.1 Å². The van der Waals surface area contributed by atoms with Crippen molar-refractivity contribution in [2.24, 2.45) is 4.99 Å². The summed E-state index contributed by atoms with van der Waals surface area (Å²) in [5, 5.41) is 2.34. The molecule has 6 rings (SSSR count). The second-order valence-corrected chi connectivity index (χ2v) is 13.7. The summed E-state index contributed by atoms with van der Waals surface area (Å²) in [6.07, 6.45) is 1.76. The molecule has 0 radical (unpaired) electrons. The summed E-state index contributed by atoms with van der Waals surface area (Å²) in [6.45, 7) is 12.1. The molecule has 0 saturated heterocycles. The molecule has 0 aromatic carbocycles. The highest BCUT2D eigenvalue weighted by Crippen LogP contribution is 2.45. The lowest BCUT2D eigenvalue weighted by Gasteiger charge is -2.27. The number of amides is 2. The van der Waals surface area contributed by atoms with Crippen LogP contribution in [0, 0.1) is 6.92 Å². The smallest absolute Gasteiger partial charge is 0.305 e. The van der Waals surface area contributed by atoms with Gasteiger partial charge in [-0.2, -0.15) is 0 Å². The summed E-state index contributed by atoms with van der Waals surface area (Å²) in [5.41, 5.74) is 8.20. The van der Waals surface area contributed by atoms with Gasteiger partial charge in [0, 0.05) is 64.8 Å². The molecule has 11 nitrogen and oxygen atoms in total. The number of fused-ring (bicyclic) bond motifs is 8. The highest BCUT2D eigenvalue weighted by atomic mass is 32.1. The summed E-state index contributed by atoms with van der Waals surface area (Å²) < 4.78 is 4.98. The number of nitrogens with one attached hydrogen (secondary N) is 2. The molecular formula is C38H42N6O5S. The van der Waals surface area contributed by atoms with Crippen molar-refractivity contribution in [1.82, 2.24) is 24.8 Å². The average Bonchev–Trinajstić information content (AvgIpc) is 3.76. The number of carbonyl (C=O) groups is 4. The maximum atomic E-state index is 14.6. The van der Waals surface area contributed by atoms with Crippen LogP contribution in [0.25, 0.3) is 22.2 Å². The molecule has 260 valence electrons. The van der Waals surface area contributed by atoms with Crippen LogP contribution >= 0.6 is 12.2 Å². The van der Waals surface area contributed by atoms with Crippen LogP contribution in [0.2, 0.25) is 0 Å². The Labute approximate surface area is 296 Å². The fourth-order valence-corrected chi connectivity index (χ4v) is 7.97. The van der Waals surface area contributed by atoms with Gasteiger partial charge in [-0.1, -0.05) is 20.8 Å². The van der Waals surface area contributed by atoms with Gasteiger partial charge >= 0.3 is 5.97 Å². The largest absolute Gasteiger partial charge is 0.469 e. The molecular weight excluding hydrogens is 653 g/mol. The molecule has 6 heterocycles. The van der Waals surface area contributed by atoms with Gasteiger partial charge in [-0.25, -0.2) is 9.98 Å². The third-order valence-electron chi connectivity index (χ3n) is 10.7. The van der Waals surface area contributed by atoms with Crippen molar-refractivity contribution in [3.8, 4) is 0 Å². The van der Waals surface area contributed by atoms with Gasteiger partial charge in [-0.05, 0) is 81.6 Å². The fourth-order valence-electron chi connectivity index (χ4n) is 7.87. The first kappa shape index (κ1) is 35.0. The zero-order chi connectivity index (χ0) is 36.0. The van der Waals surface area contributed by atoms with Crippen molar-refractivity contribution in [2.75, 3.05) is 20.2 Å². The molecule has 0 aliphatic carbocycles. The van der Waals surface area contributed by atoms with E-state index in [1.807, 2.05) is 39.0 Å². The van der Waals surface area contributed by atoms with Gasteiger partial charge in [0.25, 0.3) is 11.8 Å². The average molecular weight is 695 g/mol. The Morgan fingerprint density at radius 2 is 1.74 bits per heavy atom. The van der Waals surface area contributed by atoms with Crippen molar-refractivity contribution < 1.29 is 23.9 Å². The van der Waals surface area contributed by atoms with E-state index in [1.165, 1.54) is 12.0 Å². The van der Waals surface area contributed by atoms with Crippen molar-refractivity contribution in [1.29, 1.82) is 0 Å². The Balaban J connectivity index is 1.74. The highest BCUT2D eigenvalue weighted by Gasteiger charge is 2.41. The van der Waals surface area contributed by atoms with E-state index in [4.69, 9.17) is 26.9 Å². The monoisotopic (exact) mass is 694 g/mol. The predicted molar refractivity (Wildman–Crippen MR) is 194 cm³/mol. The van der Waals surface area contributed by atoms with Crippen LogP contribution in [-0.2, 0) is 14.3 Å². The Kier molecular flexibility index (Phi) is 9.70. The molecule has 0 spiro atoms. The first-order valence-electron chi connectivity index (χ1n) is 17.2. The highest BCUT2D eigenvalue weighted by molar-refractivity contribution is 7.78. The van der Waals surface area contributed by atoms with Gasteiger partial charge in [0.05, 0.1) is 52.5 Å². The molecule has 8 bridgehead atoms. The topological polar surface area (TPSA) is 150 Å². The van der Waals surface area contributed by atoms with Gasteiger partial charge in [0.1, 0.15) is 0 Å². The van der Waals surface area contributed by atoms with Crippen LogP contribution in [-0.4, -0.2) is 73.8 Å². The number of H-pyrrole nitrogens is 2. The number of aliphatic imine (C=N–C) groups is 1. The van der Waals surface area contributed by atoms with Crippen molar-refractivity contribution in [2.45, 2.75) is 90.9 Å². The summed E-state index contributed by atoms with van der Waals surface area (Å²) in [4.78, 5) is 76.6. The Bertz CT molecular complexity index is 2100. The molecule has 4 atom stereocenters. The van der Waals surface area contributed by atoms with E-state index in [9.17, 15) is 19.2 Å². The van der Waals surface area contributed by atoms with Crippen LogP contribution in [0.15, 0.2) is 23.2 Å². The second-order valence-electron chi connectivity index (χ2n) is 13.5. The van der Waals surface area contributed by atoms with Crippen LogP contribution in [0.1, 0.15) is 144 Å². The molecule has 0 saturated carbocycles. The minimum atomic E-state index is -0.460. The van der Waals surface area contributed by atoms with E-state index >= 15 is 0 Å². The lowest BCUT2D eigenvalue weighted by molar-refractivity contribution is -0.140. The molecule has 0 unspecified atom stereocenters. The predicted octanol–water partition coefficient (Wildman–Crippen LogP) is 7.09. The SMILES string of the molecule is CC[C@@H]1c2cc3[nH]c4c(c5nc(cc6nc(cc([nH]2)[C@@H]1C)C(C(C)=O)=C6C)[C@@H](C)[C@@H]5CCC(=O)OC)C(=O)N(CCCN=C=S)C(=O)c4c3C. The van der Waals surface area contributed by atoms with E-state index in [0.29, 0.717) is 69.9 Å². The number of isothiocyanates is 1. The van der Waals surface area contributed by atoms with E-state index in [2.05, 4.69) is 34.0 Å². The minimum absolute atomic E-state index is 0.0800. The normalized spacial score (nSPS) is 20.5. The molecule has 4 aliphatic rings. The number of thiocarbonyl (C=S) groups is 1. The number of hydrogen-bond donors (Lipinski definition) is 2.